The molecule has 1 aliphatic rings. The quantitative estimate of drug-likeness (QED) is 0.541. The van der Waals surface area contributed by atoms with Crippen molar-refractivity contribution in [3.05, 3.63) is 107 Å². The number of fused-ring (bicyclic) bond motifs is 2. The SMILES string of the molecule is O=C1c2ccccc2C(Cl)(C(Cl)c2ccccc2)c2ccccc21. The van der Waals surface area contributed by atoms with E-state index >= 15 is 0 Å². The summed E-state index contributed by atoms with van der Waals surface area (Å²) in [5, 5.41) is -0.504. The first kappa shape index (κ1) is 15.4. The van der Waals surface area contributed by atoms with E-state index in [0.29, 0.717) is 11.1 Å². The Labute approximate surface area is 150 Å². The Morgan fingerprint density at radius 3 is 1.71 bits per heavy atom. The number of benzene rings is 3. The lowest BCUT2D eigenvalue weighted by atomic mass is 9.74. The maximum atomic E-state index is 12.9. The number of rotatable bonds is 2. The fourth-order valence-electron chi connectivity index (χ4n) is 3.41. The molecule has 0 saturated carbocycles. The molecule has 0 fully saturated rings. The summed E-state index contributed by atoms with van der Waals surface area (Å²) in [5.74, 6) is -0.00518. The van der Waals surface area contributed by atoms with Crippen molar-refractivity contribution in [3.63, 3.8) is 0 Å². The number of carbonyl (C=O) groups excluding carboxylic acids is 1. The van der Waals surface area contributed by atoms with Gasteiger partial charge in [0, 0.05) is 11.1 Å². The predicted octanol–water partition coefficient (Wildman–Crippen LogP) is 5.69. The third-order valence-corrected chi connectivity index (χ3v) is 5.89. The van der Waals surface area contributed by atoms with Crippen molar-refractivity contribution in [1.29, 1.82) is 0 Å². The van der Waals surface area contributed by atoms with Crippen LogP contribution in [-0.2, 0) is 4.87 Å². The van der Waals surface area contributed by atoms with E-state index in [1.165, 1.54) is 0 Å². The van der Waals surface area contributed by atoms with E-state index in [2.05, 4.69) is 0 Å². The number of carbonyl (C=O) groups is 1. The van der Waals surface area contributed by atoms with Gasteiger partial charge in [-0.15, -0.1) is 23.2 Å². The lowest BCUT2D eigenvalue weighted by Gasteiger charge is -2.38. The highest BCUT2D eigenvalue weighted by Crippen LogP contribution is 2.54. The molecule has 1 aliphatic carbocycles. The van der Waals surface area contributed by atoms with Gasteiger partial charge in [0.2, 0.25) is 0 Å². The average Bonchev–Trinajstić information content (AvgIpc) is 2.66. The van der Waals surface area contributed by atoms with Crippen LogP contribution in [0.15, 0.2) is 78.9 Å². The molecule has 0 spiro atoms. The molecule has 4 rings (SSSR count). The van der Waals surface area contributed by atoms with Crippen LogP contribution in [0.5, 0.6) is 0 Å². The Morgan fingerprint density at radius 2 is 1.17 bits per heavy atom. The van der Waals surface area contributed by atoms with E-state index in [0.717, 1.165) is 16.7 Å². The number of ketones is 1. The second kappa shape index (κ2) is 5.77. The zero-order valence-corrected chi connectivity index (χ0v) is 14.3. The topological polar surface area (TPSA) is 17.1 Å². The molecule has 0 saturated heterocycles. The summed E-state index contributed by atoms with van der Waals surface area (Å²) in [6, 6.07) is 24.7. The summed E-state index contributed by atoms with van der Waals surface area (Å²) in [4.78, 5) is 11.9. The van der Waals surface area contributed by atoms with E-state index < -0.39 is 10.3 Å². The minimum atomic E-state index is -0.996. The summed E-state index contributed by atoms with van der Waals surface area (Å²) in [5.41, 5.74) is 3.69. The maximum Gasteiger partial charge on any atom is 0.193 e. The number of alkyl halides is 2. The van der Waals surface area contributed by atoms with Gasteiger partial charge in [0.1, 0.15) is 4.87 Å². The zero-order valence-electron chi connectivity index (χ0n) is 12.7. The van der Waals surface area contributed by atoms with Gasteiger partial charge in [-0.1, -0.05) is 78.9 Å². The highest BCUT2D eigenvalue weighted by atomic mass is 35.5. The number of hydrogen-bond acceptors (Lipinski definition) is 1. The third kappa shape index (κ3) is 2.12. The van der Waals surface area contributed by atoms with Crippen molar-refractivity contribution in [1.82, 2.24) is 0 Å². The maximum absolute atomic E-state index is 12.9. The van der Waals surface area contributed by atoms with Crippen LogP contribution in [0.3, 0.4) is 0 Å². The molecule has 1 atom stereocenters. The average molecular weight is 353 g/mol. The minimum Gasteiger partial charge on any atom is -0.289 e. The Kier molecular flexibility index (Phi) is 3.71. The number of halogens is 2. The second-order valence-corrected chi connectivity index (χ2v) is 6.94. The van der Waals surface area contributed by atoms with Gasteiger partial charge in [0.05, 0.1) is 5.38 Å². The monoisotopic (exact) mass is 352 g/mol. The largest absolute Gasteiger partial charge is 0.289 e. The second-order valence-electron chi connectivity index (χ2n) is 5.91. The molecule has 1 nitrogen and oxygen atoms in total. The van der Waals surface area contributed by atoms with E-state index in [1.54, 1.807) is 0 Å². The van der Waals surface area contributed by atoms with Crippen LogP contribution in [0.2, 0.25) is 0 Å². The smallest absolute Gasteiger partial charge is 0.193 e. The van der Waals surface area contributed by atoms with Crippen LogP contribution >= 0.6 is 23.2 Å². The molecule has 3 heteroatoms. The zero-order chi connectivity index (χ0) is 16.7. The normalized spacial score (nSPS) is 16.2. The Morgan fingerprint density at radius 1 is 0.708 bits per heavy atom. The minimum absolute atomic E-state index is 0.00518. The first-order valence-corrected chi connectivity index (χ1v) is 8.57. The van der Waals surface area contributed by atoms with Crippen LogP contribution in [0.4, 0.5) is 0 Å². The number of hydrogen-bond donors (Lipinski definition) is 0. The first-order chi connectivity index (χ1) is 11.6. The third-order valence-electron chi connectivity index (χ3n) is 4.57. The van der Waals surface area contributed by atoms with Crippen LogP contribution in [0.25, 0.3) is 0 Å². The molecule has 0 radical (unpaired) electrons. The highest BCUT2D eigenvalue weighted by Gasteiger charge is 2.47. The van der Waals surface area contributed by atoms with E-state index in [4.69, 9.17) is 23.2 Å². The van der Waals surface area contributed by atoms with Gasteiger partial charge in [-0.05, 0) is 16.7 Å². The lowest BCUT2D eigenvalue weighted by Crippen LogP contribution is -2.34. The van der Waals surface area contributed by atoms with E-state index in [-0.39, 0.29) is 5.78 Å². The van der Waals surface area contributed by atoms with Crippen molar-refractivity contribution >= 4 is 29.0 Å². The van der Waals surface area contributed by atoms with Crippen LogP contribution in [0.1, 0.15) is 38.0 Å². The predicted molar refractivity (Wildman–Crippen MR) is 98.0 cm³/mol. The van der Waals surface area contributed by atoms with E-state index in [1.807, 2.05) is 78.9 Å². The summed E-state index contributed by atoms with van der Waals surface area (Å²) in [6.45, 7) is 0. The molecule has 0 aliphatic heterocycles. The highest BCUT2D eigenvalue weighted by molar-refractivity contribution is 6.36. The summed E-state index contributed by atoms with van der Waals surface area (Å²) in [6.07, 6.45) is 0. The molecule has 3 aromatic rings. The van der Waals surface area contributed by atoms with Crippen LogP contribution in [0, 0.1) is 0 Å². The molecule has 24 heavy (non-hydrogen) atoms. The molecule has 0 heterocycles. The van der Waals surface area contributed by atoms with Crippen molar-refractivity contribution in [2.75, 3.05) is 0 Å². The molecule has 1 unspecified atom stereocenters. The Balaban J connectivity index is 2.01. The van der Waals surface area contributed by atoms with Gasteiger partial charge in [0.25, 0.3) is 0 Å². The van der Waals surface area contributed by atoms with Crippen LogP contribution in [-0.4, -0.2) is 5.78 Å². The summed E-state index contributed by atoms with van der Waals surface area (Å²) >= 11 is 14.1. The van der Waals surface area contributed by atoms with Gasteiger partial charge in [0.15, 0.2) is 5.78 Å². The van der Waals surface area contributed by atoms with E-state index in [9.17, 15) is 4.79 Å². The lowest BCUT2D eigenvalue weighted by molar-refractivity contribution is 0.103. The van der Waals surface area contributed by atoms with Crippen molar-refractivity contribution in [2.24, 2.45) is 0 Å². The standard InChI is InChI=1S/C21H14Cl2O/c22-20(14-8-2-1-3-9-14)21(23)17-12-6-4-10-15(17)19(24)16-11-5-7-13-18(16)21/h1-13,20H. The summed E-state index contributed by atoms with van der Waals surface area (Å²) < 4.78 is 0. The van der Waals surface area contributed by atoms with Gasteiger partial charge in [-0.3, -0.25) is 4.79 Å². The fraction of sp³-hybridized carbons (Fsp3) is 0.0952. The molecule has 0 N–H and O–H groups in total. The van der Waals surface area contributed by atoms with Gasteiger partial charge >= 0.3 is 0 Å². The molecule has 3 aromatic carbocycles. The summed E-state index contributed by atoms with van der Waals surface area (Å²) in [7, 11) is 0. The Bertz CT molecular complexity index is 868. The van der Waals surface area contributed by atoms with Gasteiger partial charge in [-0.25, -0.2) is 0 Å². The molecule has 118 valence electrons. The fourth-order valence-corrected chi connectivity index (χ4v) is 4.25. The Hall–Kier alpha value is -2.09. The molecule has 0 aromatic heterocycles. The molecule has 0 amide bonds. The van der Waals surface area contributed by atoms with Crippen LogP contribution < -0.4 is 0 Å². The van der Waals surface area contributed by atoms with Gasteiger partial charge < -0.3 is 0 Å². The molecular weight excluding hydrogens is 339 g/mol. The first-order valence-electron chi connectivity index (χ1n) is 7.75. The molecular formula is C21H14Cl2O. The molecule has 0 bridgehead atoms. The van der Waals surface area contributed by atoms with Crippen molar-refractivity contribution in [2.45, 2.75) is 10.3 Å². The van der Waals surface area contributed by atoms with Crippen molar-refractivity contribution < 1.29 is 4.79 Å². The van der Waals surface area contributed by atoms with Crippen molar-refractivity contribution in [3.8, 4) is 0 Å². The van der Waals surface area contributed by atoms with Gasteiger partial charge in [-0.2, -0.15) is 0 Å².